The molecule has 0 radical (unpaired) electrons. The summed E-state index contributed by atoms with van der Waals surface area (Å²) in [6.45, 7) is 0.744. The Bertz CT molecular complexity index is 1040. The SMILES string of the molecule is COCCOc1ccc(NC(=O)c2nn(-c3cccc(C(F)(F)F)c3)cc2OC)cn1. The van der Waals surface area contributed by atoms with Gasteiger partial charge in [0.2, 0.25) is 5.88 Å². The summed E-state index contributed by atoms with van der Waals surface area (Å²) >= 11 is 0. The molecule has 2 heterocycles. The van der Waals surface area contributed by atoms with E-state index in [2.05, 4.69) is 15.4 Å². The fraction of sp³-hybridized carbons (Fsp3) is 0.250. The van der Waals surface area contributed by atoms with E-state index in [1.807, 2.05) is 0 Å². The molecule has 1 amide bonds. The van der Waals surface area contributed by atoms with Gasteiger partial charge in [0.25, 0.3) is 5.91 Å². The van der Waals surface area contributed by atoms with E-state index in [1.165, 1.54) is 31.6 Å². The molecule has 8 nitrogen and oxygen atoms in total. The van der Waals surface area contributed by atoms with Crippen LogP contribution in [0.5, 0.6) is 11.6 Å². The fourth-order valence-electron chi connectivity index (χ4n) is 2.58. The second kappa shape index (κ2) is 9.47. The number of carbonyl (C=O) groups excluding carboxylic acids is 1. The number of hydrogen-bond donors (Lipinski definition) is 1. The summed E-state index contributed by atoms with van der Waals surface area (Å²) in [6, 6.07) is 7.74. The summed E-state index contributed by atoms with van der Waals surface area (Å²) in [4.78, 5) is 16.7. The summed E-state index contributed by atoms with van der Waals surface area (Å²) in [5, 5.41) is 6.70. The number of pyridine rings is 1. The third-order valence-corrected chi connectivity index (χ3v) is 4.09. The fourth-order valence-corrected chi connectivity index (χ4v) is 2.58. The van der Waals surface area contributed by atoms with E-state index < -0.39 is 17.6 Å². The molecule has 3 rings (SSSR count). The summed E-state index contributed by atoms with van der Waals surface area (Å²) in [7, 11) is 2.88. The van der Waals surface area contributed by atoms with Gasteiger partial charge in [-0.15, -0.1) is 0 Å². The molecule has 11 heteroatoms. The second-order valence-corrected chi connectivity index (χ2v) is 6.22. The van der Waals surface area contributed by atoms with Crippen LogP contribution in [0.3, 0.4) is 0 Å². The zero-order chi connectivity index (χ0) is 22.4. The molecule has 1 aromatic carbocycles. The number of amides is 1. The van der Waals surface area contributed by atoms with Crippen LogP contribution < -0.4 is 14.8 Å². The number of anilines is 1. The number of halogens is 3. The summed E-state index contributed by atoms with van der Waals surface area (Å²) in [5.41, 5.74) is -0.421. The van der Waals surface area contributed by atoms with E-state index >= 15 is 0 Å². The minimum atomic E-state index is -4.50. The van der Waals surface area contributed by atoms with E-state index in [9.17, 15) is 18.0 Å². The average molecular weight is 436 g/mol. The van der Waals surface area contributed by atoms with Gasteiger partial charge in [-0.1, -0.05) is 6.07 Å². The van der Waals surface area contributed by atoms with Gasteiger partial charge in [0, 0.05) is 13.2 Å². The smallest absolute Gasteiger partial charge is 0.416 e. The van der Waals surface area contributed by atoms with Crippen molar-refractivity contribution >= 4 is 11.6 Å². The second-order valence-electron chi connectivity index (χ2n) is 6.22. The van der Waals surface area contributed by atoms with Crippen LogP contribution in [-0.4, -0.2) is 48.1 Å². The third kappa shape index (κ3) is 5.51. The van der Waals surface area contributed by atoms with Gasteiger partial charge in [-0.25, -0.2) is 9.67 Å². The van der Waals surface area contributed by atoms with Gasteiger partial charge in [0.15, 0.2) is 11.4 Å². The first-order chi connectivity index (χ1) is 14.8. The predicted octanol–water partition coefficient (Wildman–Crippen LogP) is 3.57. The molecule has 0 aliphatic rings. The number of alkyl halides is 3. The number of nitrogens with one attached hydrogen (secondary N) is 1. The van der Waals surface area contributed by atoms with Gasteiger partial charge < -0.3 is 19.5 Å². The van der Waals surface area contributed by atoms with E-state index in [0.29, 0.717) is 24.8 Å². The number of benzene rings is 1. The largest absolute Gasteiger partial charge is 0.493 e. The van der Waals surface area contributed by atoms with E-state index in [4.69, 9.17) is 14.2 Å². The van der Waals surface area contributed by atoms with Crippen molar-refractivity contribution in [3.8, 4) is 17.3 Å². The highest BCUT2D eigenvalue weighted by Crippen LogP contribution is 2.31. The number of aromatic nitrogens is 3. The Morgan fingerprint density at radius 1 is 1.16 bits per heavy atom. The summed E-state index contributed by atoms with van der Waals surface area (Å²) < 4.78 is 55.5. The molecular weight excluding hydrogens is 417 g/mol. The molecule has 2 aromatic heterocycles. The summed E-state index contributed by atoms with van der Waals surface area (Å²) in [6.07, 6.45) is -1.77. The molecule has 164 valence electrons. The highest BCUT2D eigenvalue weighted by molar-refractivity contribution is 6.04. The van der Waals surface area contributed by atoms with Crippen LogP contribution in [0.1, 0.15) is 16.1 Å². The highest BCUT2D eigenvalue weighted by Gasteiger charge is 2.30. The Kier molecular flexibility index (Phi) is 6.75. The summed E-state index contributed by atoms with van der Waals surface area (Å²) in [5.74, 6) is -0.152. The van der Waals surface area contributed by atoms with E-state index in [-0.39, 0.29) is 17.1 Å². The molecule has 0 bridgehead atoms. The Labute approximate surface area is 175 Å². The molecule has 3 aromatic rings. The third-order valence-electron chi connectivity index (χ3n) is 4.09. The lowest BCUT2D eigenvalue weighted by Gasteiger charge is -2.08. The number of nitrogens with zero attached hydrogens (tertiary/aromatic N) is 3. The van der Waals surface area contributed by atoms with Gasteiger partial charge in [-0.05, 0) is 24.3 Å². The molecular formula is C20H19F3N4O4. The number of ether oxygens (including phenoxy) is 3. The lowest BCUT2D eigenvalue weighted by atomic mass is 10.2. The van der Waals surface area contributed by atoms with Crippen molar-refractivity contribution in [2.45, 2.75) is 6.18 Å². The van der Waals surface area contributed by atoms with Gasteiger partial charge in [0.05, 0.1) is 43.0 Å². The van der Waals surface area contributed by atoms with Gasteiger partial charge in [0.1, 0.15) is 6.61 Å². The first-order valence-corrected chi connectivity index (χ1v) is 9.02. The minimum absolute atomic E-state index is 0.0969. The molecule has 0 fully saturated rings. The van der Waals surface area contributed by atoms with Gasteiger partial charge in [-0.2, -0.15) is 18.3 Å². The number of carbonyl (C=O) groups is 1. The Morgan fingerprint density at radius 3 is 2.61 bits per heavy atom. The van der Waals surface area contributed by atoms with Crippen molar-refractivity contribution in [3.63, 3.8) is 0 Å². The maximum Gasteiger partial charge on any atom is 0.416 e. The average Bonchev–Trinajstić information content (AvgIpc) is 3.19. The van der Waals surface area contributed by atoms with E-state index in [1.54, 1.807) is 19.2 Å². The lowest BCUT2D eigenvalue weighted by Crippen LogP contribution is -2.14. The van der Waals surface area contributed by atoms with Crippen molar-refractivity contribution in [1.29, 1.82) is 0 Å². The van der Waals surface area contributed by atoms with Crippen LogP contribution >= 0.6 is 0 Å². The first-order valence-electron chi connectivity index (χ1n) is 9.02. The molecule has 1 N–H and O–H groups in total. The normalized spacial score (nSPS) is 11.3. The van der Waals surface area contributed by atoms with Crippen LogP contribution in [0.15, 0.2) is 48.8 Å². The van der Waals surface area contributed by atoms with Gasteiger partial charge in [-0.3, -0.25) is 4.79 Å². The zero-order valence-electron chi connectivity index (χ0n) is 16.6. The Morgan fingerprint density at radius 2 is 1.97 bits per heavy atom. The van der Waals surface area contributed by atoms with Crippen molar-refractivity contribution in [2.24, 2.45) is 0 Å². The quantitative estimate of drug-likeness (QED) is 0.544. The van der Waals surface area contributed by atoms with Crippen LogP contribution in [0.25, 0.3) is 5.69 Å². The van der Waals surface area contributed by atoms with Crippen molar-refractivity contribution < 1.29 is 32.2 Å². The maximum atomic E-state index is 13.0. The Balaban J connectivity index is 1.77. The molecule has 0 saturated carbocycles. The monoisotopic (exact) mass is 436 g/mol. The van der Waals surface area contributed by atoms with Crippen LogP contribution in [0, 0.1) is 0 Å². The zero-order valence-corrected chi connectivity index (χ0v) is 16.6. The predicted molar refractivity (Wildman–Crippen MR) is 105 cm³/mol. The Hall–Kier alpha value is -3.60. The molecule has 0 unspecified atom stereocenters. The van der Waals surface area contributed by atoms with Crippen molar-refractivity contribution in [1.82, 2.24) is 14.8 Å². The standard InChI is InChI=1S/C20H19F3N4O4/c1-29-8-9-31-17-7-6-14(11-24-17)25-19(28)18-16(30-2)12-27(26-18)15-5-3-4-13(10-15)20(21,22)23/h3-7,10-12H,8-9H2,1-2H3,(H,25,28). The van der Waals surface area contributed by atoms with Crippen LogP contribution in [0.4, 0.5) is 18.9 Å². The maximum absolute atomic E-state index is 13.0. The molecule has 0 saturated heterocycles. The lowest BCUT2D eigenvalue weighted by molar-refractivity contribution is -0.137. The molecule has 0 atom stereocenters. The van der Waals surface area contributed by atoms with Crippen molar-refractivity contribution in [2.75, 3.05) is 32.8 Å². The minimum Gasteiger partial charge on any atom is -0.493 e. The topological polar surface area (TPSA) is 87.5 Å². The molecule has 0 aliphatic heterocycles. The van der Waals surface area contributed by atoms with Crippen LogP contribution in [-0.2, 0) is 10.9 Å². The molecule has 31 heavy (non-hydrogen) atoms. The first kappa shape index (κ1) is 22.1. The number of hydrogen-bond acceptors (Lipinski definition) is 6. The highest BCUT2D eigenvalue weighted by atomic mass is 19.4. The molecule has 0 spiro atoms. The number of rotatable bonds is 8. The molecule has 0 aliphatic carbocycles. The number of methoxy groups -OCH3 is 2. The van der Waals surface area contributed by atoms with Crippen molar-refractivity contribution in [3.05, 3.63) is 60.0 Å². The van der Waals surface area contributed by atoms with Crippen LogP contribution in [0.2, 0.25) is 0 Å². The van der Waals surface area contributed by atoms with E-state index in [0.717, 1.165) is 16.8 Å². The van der Waals surface area contributed by atoms with Gasteiger partial charge >= 0.3 is 6.18 Å².